The summed E-state index contributed by atoms with van der Waals surface area (Å²) in [5, 5.41) is 5.15. The van der Waals surface area contributed by atoms with E-state index in [9.17, 15) is 4.79 Å². The first-order valence-electron chi connectivity index (χ1n) is 11.1. The first-order valence-corrected chi connectivity index (χ1v) is 11.9. The number of nitrogens with zero attached hydrogens (tertiary/aromatic N) is 5. The number of carbonyl (C=O) groups excluding carboxylic acids is 1. The van der Waals surface area contributed by atoms with E-state index in [0.29, 0.717) is 46.1 Å². The Kier molecular flexibility index (Phi) is 6.06. The van der Waals surface area contributed by atoms with Gasteiger partial charge >= 0.3 is 0 Å². The molecule has 1 saturated heterocycles. The zero-order valence-corrected chi connectivity index (χ0v) is 20.7. The number of nitrogens with one attached hydrogen (secondary N) is 2. The maximum atomic E-state index is 13.2. The number of aromatic nitrogens is 4. The van der Waals surface area contributed by atoms with Gasteiger partial charge < -0.3 is 20.1 Å². The number of amides is 1. The predicted molar refractivity (Wildman–Crippen MR) is 136 cm³/mol. The molecule has 2 atom stereocenters. The van der Waals surface area contributed by atoms with Crippen LogP contribution in [0, 0.1) is 0 Å². The Morgan fingerprint density at radius 3 is 2.79 bits per heavy atom. The summed E-state index contributed by atoms with van der Waals surface area (Å²) in [7, 11) is 4.07. The molecule has 2 aromatic heterocycles. The van der Waals surface area contributed by atoms with E-state index < -0.39 is 0 Å². The van der Waals surface area contributed by atoms with E-state index in [4.69, 9.17) is 23.2 Å². The maximum Gasteiger partial charge on any atom is 0.255 e. The van der Waals surface area contributed by atoms with Crippen LogP contribution in [0.3, 0.4) is 0 Å². The fourth-order valence-electron chi connectivity index (χ4n) is 4.35. The van der Waals surface area contributed by atoms with Gasteiger partial charge in [0.1, 0.15) is 18.0 Å². The molecule has 3 heterocycles. The molecule has 2 aromatic carbocycles. The molecule has 0 saturated carbocycles. The summed E-state index contributed by atoms with van der Waals surface area (Å²) in [5.41, 5.74) is 2.82. The van der Waals surface area contributed by atoms with Crippen molar-refractivity contribution < 1.29 is 4.79 Å². The molecule has 5 rings (SSSR count). The predicted octanol–water partition coefficient (Wildman–Crippen LogP) is 4.76. The minimum absolute atomic E-state index is 0.0707. The molecule has 0 bridgehead atoms. The standard InChI is InChI=1S/C24H25Cl2N7O/c1-13(22-30-19-5-4-14(25)8-21(19)31-22)29-23-17-9-18(26)16(10-20(17)27-12-28-23)24(34)33-7-6-15(11-33)32(2)3/h4-5,8-10,12-13,15H,6-7,11H2,1-3H3,(H,30,31)(H,27,28,29)/t13-,15-/m1/s1. The Morgan fingerprint density at radius 2 is 2.03 bits per heavy atom. The molecule has 1 aliphatic heterocycles. The van der Waals surface area contributed by atoms with Crippen LogP contribution < -0.4 is 5.32 Å². The van der Waals surface area contributed by atoms with Crippen LogP contribution in [-0.4, -0.2) is 68.9 Å². The van der Waals surface area contributed by atoms with E-state index in [2.05, 4.69) is 30.2 Å². The molecular formula is C24H25Cl2N7O. The van der Waals surface area contributed by atoms with Crippen LogP contribution in [0.5, 0.6) is 0 Å². The second kappa shape index (κ2) is 9.02. The summed E-state index contributed by atoms with van der Waals surface area (Å²) in [4.78, 5) is 34.0. The van der Waals surface area contributed by atoms with E-state index in [1.54, 1.807) is 12.1 Å². The first kappa shape index (κ1) is 22.8. The Morgan fingerprint density at radius 1 is 1.21 bits per heavy atom. The monoisotopic (exact) mass is 497 g/mol. The van der Waals surface area contributed by atoms with Crippen molar-refractivity contribution in [2.75, 3.05) is 32.5 Å². The van der Waals surface area contributed by atoms with E-state index in [0.717, 1.165) is 28.7 Å². The van der Waals surface area contributed by atoms with Gasteiger partial charge in [-0.3, -0.25) is 4.79 Å². The summed E-state index contributed by atoms with van der Waals surface area (Å²) >= 11 is 12.7. The number of anilines is 1. The molecule has 10 heteroatoms. The summed E-state index contributed by atoms with van der Waals surface area (Å²) in [5.74, 6) is 1.30. The van der Waals surface area contributed by atoms with Crippen molar-refractivity contribution in [1.82, 2.24) is 29.7 Å². The lowest BCUT2D eigenvalue weighted by Crippen LogP contribution is -2.34. The second-order valence-corrected chi connectivity index (χ2v) is 9.72. The van der Waals surface area contributed by atoms with Crippen LogP contribution in [0.25, 0.3) is 21.9 Å². The molecule has 0 aliphatic carbocycles. The highest BCUT2D eigenvalue weighted by atomic mass is 35.5. The van der Waals surface area contributed by atoms with Crippen molar-refractivity contribution in [1.29, 1.82) is 0 Å². The molecule has 2 N–H and O–H groups in total. The highest BCUT2D eigenvalue weighted by Gasteiger charge is 2.29. The van der Waals surface area contributed by atoms with E-state index in [-0.39, 0.29) is 11.9 Å². The third-order valence-electron chi connectivity index (χ3n) is 6.36. The lowest BCUT2D eigenvalue weighted by atomic mass is 10.1. The number of rotatable bonds is 5. The number of carbonyl (C=O) groups is 1. The summed E-state index contributed by atoms with van der Waals surface area (Å²) in [6, 6.07) is 9.25. The van der Waals surface area contributed by atoms with Gasteiger partial charge in [-0.25, -0.2) is 15.0 Å². The SMILES string of the molecule is C[C@@H](Nc1ncnc2cc(C(=O)N3CC[C@@H](N(C)C)C3)c(Cl)cc12)c1nc2cc(Cl)ccc2[nH]1. The van der Waals surface area contributed by atoms with Crippen LogP contribution >= 0.6 is 23.2 Å². The van der Waals surface area contributed by atoms with Crippen molar-refractivity contribution in [3.05, 3.63) is 58.1 Å². The summed E-state index contributed by atoms with van der Waals surface area (Å²) in [6.07, 6.45) is 2.43. The third kappa shape index (κ3) is 4.29. The first-order chi connectivity index (χ1) is 16.3. The van der Waals surface area contributed by atoms with Crippen LogP contribution in [0.1, 0.15) is 35.6 Å². The van der Waals surface area contributed by atoms with Gasteiger partial charge in [0.05, 0.1) is 33.2 Å². The Labute approximate surface area is 207 Å². The second-order valence-electron chi connectivity index (χ2n) is 8.88. The van der Waals surface area contributed by atoms with Gasteiger partial charge in [-0.2, -0.15) is 0 Å². The quantitative estimate of drug-likeness (QED) is 0.413. The molecule has 0 unspecified atom stereocenters. The molecule has 1 aliphatic rings. The molecule has 34 heavy (non-hydrogen) atoms. The average Bonchev–Trinajstić information content (AvgIpc) is 3.46. The van der Waals surface area contributed by atoms with Crippen molar-refractivity contribution >= 4 is 56.9 Å². The number of halogens is 2. The van der Waals surface area contributed by atoms with E-state index in [1.165, 1.54) is 6.33 Å². The number of likely N-dealkylation sites (N-methyl/N-ethyl adjacent to an activating group) is 1. The van der Waals surface area contributed by atoms with Gasteiger partial charge in [-0.15, -0.1) is 0 Å². The molecule has 1 fully saturated rings. The molecule has 1 amide bonds. The fraction of sp³-hybridized carbons (Fsp3) is 0.333. The van der Waals surface area contributed by atoms with Gasteiger partial charge in [0.2, 0.25) is 0 Å². The van der Waals surface area contributed by atoms with Crippen molar-refractivity contribution in [3.8, 4) is 0 Å². The molecule has 0 radical (unpaired) electrons. The van der Waals surface area contributed by atoms with Crippen LogP contribution in [0.2, 0.25) is 10.0 Å². The molecule has 4 aromatic rings. The molecular weight excluding hydrogens is 473 g/mol. The van der Waals surface area contributed by atoms with E-state index in [1.807, 2.05) is 44.1 Å². The van der Waals surface area contributed by atoms with Gasteiger partial charge in [0.15, 0.2) is 0 Å². The fourth-order valence-corrected chi connectivity index (χ4v) is 4.76. The Balaban J connectivity index is 1.41. The van der Waals surface area contributed by atoms with Gasteiger partial charge in [0, 0.05) is 29.5 Å². The average molecular weight is 498 g/mol. The zero-order chi connectivity index (χ0) is 24.0. The van der Waals surface area contributed by atoms with Crippen molar-refractivity contribution in [2.45, 2.75) is 25.4 Å². The largest absolute Gasteiger partial charge is 0.360 e. The lowest BCUT2D eigenvalue weighted by Gasteiger charge is -2.21. The van der Waals surface area contributed by atoms with Gasteiger partial charge in [-0.05, 0) is 57.8 Å². The number of hydrogen-bond donors (Lipinski definition) is 2. The highest BCUT2D eigenvalue weighted by molar-refractivity contribution is 6.35. The number of likely N-dealkylation sites (tertiary alicyclic amines) is 1. The number of aromatic amines is 1. The molecule has 176 valence electrons. The van der Waals surface area contributed by atoms with Crippen LogP contribution in [-0.2, 0) is 0 Å². The smallest absolute Gasteiger partial charge is 0.255 e. The summed E-state index contributed by atoms with van der Waals surface area (Å²) in [6.45, 7) is 3.39. The number of fused-ring (bicyclic) bond motifs is 2. The number of hydrogen-bond acceptors (Lipinski definition) is 6. The number of benzene rings is 2. The minimum atomic E-state index is -0.170. The lowest BCUT2D eigenvalue weighted by molar-refractivity contribution is 0.0783. The Hall–Kier alpha value is -2.94. The van der Waals surface area contributed by atoms with Crippen LogP contribution in [0.4, 0.5) is 5.82 Å². The van der Waals surface area contributed by atoms with E-state index >= 15 is 0 Å². The molecule has 8 nitrogen and oxygen atoms in total. The van der Waals surface area contributed by atoms with Crippen molar-refractivity contribution in [2.24, 2.45) is 0 Å². The normalized spacial score (nSPS) is 17.1. The van der Waals surface area contributed by atoms with Crippen molar-refractivity contribution in [3.63, 3.8) is 0 Å². The number of imidazole rings is 1. The minimum Gasteiger partial charge on any atom is -0.360 e. The zero-order valence-electron chi connectivity index (χ0n) is 19.1. The maximum absolute atomic E-state index is 13.2. The number of H-pyrrole nitrogens is 1. The highest BCUT2D eigenvalue weighted by Crippen LogP contribution is 2.30. The summed E-state index contributed by atoms with van der Waals surface area (Å²) < 4.78 is 0. The Bertz CT molecular complexity index is 1390. The van der Waals surface area contributed by atoms with Gasteiger partial charge in [-0.1, -0.05) is 23.2 Å². The van der Waals surface area contributed by atoms with Gasteiger partial charge in [0.25, 0.3) is 5.91 Å². The van der Waals surface area contributed by atoms with Crippen LogP contribution in [0.15, 0.2) is 36.7 Å². The molecule has 0 spiro atoms. The topological polar surface area (TPSA) is 90.0 Å². The third-order valence-corrected chi connectivity index (χ3v) is 6.91.